The Kier molecular flexibility index (Phi) is 3.85. The lowest BCUT2D eigenvalue weighted by molar-refractivity contribution is -0.129. The molecule has 0 aromatic heterocycles. The van der Waals surface area contributed by atoms with Gasteiger partial charge < -0.3 is 11.1 Å². The minimum atomic E-state index is -1.10. The Balaban J connectivity index is 4.55. The zero-order valence-electron chi connectivity index (χ0n) is 9.55. The summed E-state index contributed by atoms with van der Waals surface area (Å²) >= 11 is 0. The molecule has 0 saturated heterocycles. The van der Waals surface area contributed by atoms with Crippen LogP contribution in [0.25, 0.3) is 0 Å². The van der Waals surface area contributed by atoms with Crippen LogP contribution in [-0.2, 0) is 9.59 Å². The molecule has 0 aromatic carbocycles. The molecule has 0 aromatic rings. The van der Waals surface area contributed by atoms with Crippen molar-refractivity contribution in [2.24, 2.45) is 11.1 Å². The molecular formula is C10H17N3O2. The van der Waals surface area contributed by atoms with Gasteiger partial charge in [-0.2, -0.15) is 5.26 Å². The van der Waals surface area contributed by atoms with Crippen molar-refractivity contribution in [2.45, 2.75) is 39.7 Å². The third-order valence-electron chi connectivity index (χ3n) is 1.92. The van der Waals surface area contributed by atoms with E-state index in [9.17, 15) is 9.59 Å². The Hall–Kier alpha value is -1.57. The number of primary amides is 1. The van der Waals surface area contributed by atoms with E-state index in [1.807, 2.05) is 6.07 Å². The highest BCUT2D eigenvalue weighted by atomic mass is 16.2. The Morgan fingerprint density at radius 3 is 2.13 bits per heavy atom. The fourth-order valence-corrected chi connectivity index (χ4v) is 0.994. The minimum Gasteiger partial charge on any atom is -0.370 e. The molecule has 0 aliphatic rings. The SMILES string of the molecule is CC(C)(CC(N)=O)NC(=O)C(C)(C)C#N. The number of amides is 2. The van der Waals surface area contributed by atoms with Gasteiger partial charge in [0.05, 0.1) is 6.07 Å². The smallest absolute Gasteiger partial charge is 0.240 e. The number of hydrogen-bond donors (Lipinski definition) is 2. The second-order valence-electron chi connectivity index (χ2n) is 4.72. The maximum Gasteiger partial charge on any atom is 0.240 e. The van der Waals surface area contributed by atoms with Crippen LogP contribution in [0.2, 0.25) is 0 Å². The average molecular weight is 211 g/mol. The molecule has 84 valence electrons. The normalized spacial score (nSPS) is 11.7. The van der Waals surface area contributed by atoms with Gasteiger partial charge in [-0.1, -0.05) is 0 Å². The number of carbonyl (C=O) groups excluding carboxylic acids is 2. The van der Waals surface area contributed by atoms with Crippen molar-refractivity contribution in [3.8, 4) is 6.07 Å². The zero-order chi connectivity index (χ0) is 12.3. The predicted octanol–water partition coefficient (Wildman–Crippen LogP) is 0.306. The Labute approximate surface area is 89.6 Å². The van der Waals surface area contributed by atoms with Crippen LogP contribution >= 0.6 is 0 Å². The van der Waals surface area contributed by atoms with Gasteiger partial charge in [-0.25, -0.2) is 0 Å². The third-order valence-corrected chi connectivity index (χ3v) is 1.92. The van der Waals surface area contributed by atoms with E-state index in [0.717, 1.165) is 0 Å². The second-order valence-corrected chi connectivity index (χ2v) is 4.72. The van der Waals surface area contributed by atoms with E-state index in [0.29, 0.717) is 0 Å². The van der Waals surface area contributed by atoms with Crippen LogP contribution in [0.15, 0.2) is 0 Å². The topological polar surface area (TPSA) is 96.0 Å². The van der Waals surface area contributed by atoms with Gasteiger partial charge in [0.25, 0.3) is 0 Å². The number of nitrogens with two attached hydrogens (primary N) is 1. The first-order valence-corrected chi connectivity index (χ1v) is 4.63. The molecule has 0 atom stereocenters. The maximum absolute atomic E-state index is 11.6. The van der Waals surface area contributed by atoms with Gasteiger partial charge in [-0.15, -0.1) is 0 Å². The van der Waals surface area contributed by atoms with Gasteiger partial charge in [0, 0.05) is 12.0 Å². The molecule has 5 nitrogen and oxygen atoms in total. The molecule has 2 amide bonds. The molecule has 0 heterocycles. The molecule has 15 heavy (non-hydrogen) atoms. The third kappa shape index (κ3) is 4.45. The molecule has 0 rings (SSSR count). The van der Waals surface area contributed by atoms with Crippen LogP contribution in [0.3, 0.4) is 0 Å². The number of hydrogen-bond acceptors (Lipinski definition) is 3. The van der Waals surface area contributed by atoms with Gasteiger partial charge in [0.15, 0.2) is 0 Å². The first kappa shape index (κ1) is 13.4. The summed E-state index contributed by atoms with van der Waals surface area (Å²) in [5.74, 6) is -0.897. The summed E-state index contributed by atoms with van der Waals surface area (Å²) < 4.78 is 0. The molecule has 0 saturated carbocycles. The van der Waals surface area contributed by atoms with Crippen molar-refractivity contribution < 1.29 is 9.59 Å². The molecule has 0 unspecified atom stereocenters. The van der Waals surface area contributed by atoms with Crippen molar-refractivity contribution in [3.05, 3.63) is 0 Å². The largest absolute Gasteiger partial charge is 0.370 e. The van der Waals surface area contributed by atoms with Crippen LogP contribution in [-0.4, -0.2) is 17.4 Å². The number of rotatable bonds is 4. The van der Waals surface area contributed by atoms with Gasteiger partial charge in [0.2, 0.25) is 11.8 Å². The number of nitriles is 1. The van der Waals surface area contributed by atoms with Crippen LogP contribution in [0, 0.1) is 16.7 Å². The summed E-state index contributed by atoms with van der Waals surface area (Å²) in [7, 11) is 0. The molecular weight excluding hydrogens is 194 g/mol. The fraction of sp³-hybridized carbons (Fsp3) is 0.700. The lowest BCUT2D eigenvalue weighted by atomic mass is 9.91. The van der Waals surface area contributed by atoms with E-state index in [1.165, 1.54) is 13.8 Å². The van der Waals surface area contributed by atoms with Crippen molar-refractivity contribution in [3.63, 3.8) is 0 Å². The molecule has 0 spiro atoms. The van der Waals surface area contributed by atoms with E-state index in [-0.39, 0.29) is 6.42 Å². The number of nitrogens with one attached hydrogen (secondary N) is 1. The van der Waals surface area contributed by atoms with E-state index < -0.39 is 22.8 Å². The molecule has 3 N–H and O–H groups in total. The predicted molar refractivity (Wildman–Crippen MR) is 55.4 cm³/mol. The molecule has 0 bridgehead atoms. The van der Waals surface area contributed by atoms with Gasteiger partial charge >= 0.3 is 0 Å². The molecule has 5 heteroatoms. The highest BCUT2D eigenvalue weighted by molar-refractivity contribution is 5.86. The van der Waals surface area contributed by atoms with Crippen LogP contribution in [0.1, 0.15) is 34.1 Å². The summed E-state index contributed by atoms with van der Waals surface area (Å²) in [5.41, 5.74) is 3.21. The number of nitrogens with zero attached hydrogens (tertiary/aromatic N) is 1. The van der Waals surface area contributed by atoms with E-state index in [2.05, 4.69) is 5.32 Å². The summed E-state index contributed by atoms with van der Waals surface area (Å²) in [6.45, 7) is 6.40. The summed E-state index contributed by atoms with van der Waals surface area (Å²) in [6.07, 6.45) is 0.0419. The number of carbonyl (C=O) groups is 2. The first-order valence-electron chi connectivity index (χ1n) is 4.63. The maximum atomic E-state index is 11.6. The van der Waals surface area contributed by atoms with Crippen LogP contribution < -0.4 is 11.1 Å². The highest BCUT2D eigenvalue weighted by Gasteiger charge is 2.32. The Bertz CT molecular complexity index is 313. The highest BCUT2D eigenvalue weighted by Crippen LogP contribution is 2.16. The summed E-state index contributed by atoms with van der Waals surface area (Å²) in [6, 6.07) is 1.89. The fourth-order valence-electron chi connectivity index (χ4n) is 0.994. The standard InChI is InChI=1S/C10H17N3O2/c1-9(2,6-11)8(15)13-10(3,4)5-7(12)14/h5H2,1-4H3,(H2,12,14)(H,13,15). The van der Waals surface area contributed by atoms with Crippen molar-refractivity contribution >= 4 is 11.8 Å². The van der Waals surface area contributed by atoms with Gasteiger partial charge in [0.1, 0.15) is 5.41 Å². The monoisotopic (exact) mass is 211 g/mol. The lowest BCUT2D eigenvalue weighted by Crippen LogP contribution is -2.50. The molecule has 0 radical (unpaired) electrons. The molecule has 0 aliphatic heterocycles. The Morgan fingerprint density at radius 2 is 1.80 bits per heavy atom. The summed E-state index contributed by atoms with van der Waals surface area (Å²) in [4.78, 5) is 22.3. The quantitative estimate of drug-likeness (QED) is 0.700. The van der Waals surface area contributed by atoms with Crippen molar-refractivity contribution in [2.75, 3.05) is 0 Å². The van der Waals surface area contributed by atoms with E-state index >= 15 is 0 Å². The first-order chi connectivity index (χ1) is 6.60. The van der Waals surface area contributed by atoms with Crippen LogP contribution in [0.5, 0.6) is 0 Å². The van der Waals surface area contributed by atoms with Crippen LogP contribution in [0.4, 0.5) is 0 Å². The molecule has 0 aliphatic carbocycles. The molecule has 0 fully saturated rings. The van der Waals surface area contributed by atoms with Crippen molar-refractivity contribution in [1.82, 2.24) is 5.32 Å². The lowest BCUT2D eigenvalue weighted by Gasteiger charge is -2.28. The Morgan fingerprint density at radius 1 is 1.33 bits per heavy atom. The zero-order valence-corrected chi connectivity index (χ0v) is 9.55. The van der Waals surface area contributed by atoms with E-state index in [1.54, 1.807) is 13.8 Å². The minimum absolute atomic E-state index is 0.0419. The van der Waals surface area contributed by atoms with Gasteiger partial charge in [-0.3, -0.25) is 9.59 Å². The second kappa shape index (κ2) is 4.30. The average Bonchev–Trinajstić information content (AvgIpc) is 2.00. The summed E-state index contributed by atoms with van der Waals surface area (Å²) in [5, 5.41) is 11.4. The van der Waals surface area contributed by atoms with Crippen molar-refractivity contribution in [1.29, 1.82) is 5.26 Å². The van der Waals surface area contributed by atoms with E-state index in [4.69, 9.17) is 11.0 Å². The van der Waals surface area contributed by atoms with Gasteiger partial charge in [-0.05, 0) is 27.7 Å².